The Morgan fingerprint density at radius 1 is 1.03 bits per heavy atom. The van der Waals surface area contributed by atoms with E-state index in [9.17, 15) is 19.2 Å². The van der Waals surface area contributed by atoms with Crippen LogP contribution in [0.25, 0.3) is 0 Å². The molecule has 3 aliphatic rings. The van der Waals surface area contributed by atoms with Gasteiger partial charge in [0.25, 0.3) is 0 Å². The first-order valence-electron chi connectivity index (χ1n) is 11.6. The van der Waals surface area contributed by atoms with Crippen molar-refractivity contribution in [2.24, 2.45) is 16.7 Å². The molecule has 0 amide bonds. The first-order valence-corrected chi connectivity index (χ1v) is 11.6. The van der Waals surface area contributed by atoms with Crippen LogP contribution in [-0.2, 0) is 33.3 Å². The summed E-state index contributed by atoms with van der Waals surface area (Å²) in [7, 11) is 0. The number of ether oxygens (including phenoxy) is 4. The highest BCUT2D eigenvalue weighted by molar-refractivity contribution is 5.93. The van der Waals surface area contributed by atoms with Gasteiger partial charge in [-0.1, -0.05) is 31.5 Å². The van der Waals surface area contributed by atoms with Crippen LogP contribution in [0.15, 0.2) is 41.5 Å². The van der Waals surface area contributed by atoms with Crippen molar-refractivity contribution in [3.05, 3.63) is 47.0 Å². The third-order valence-corrected chi connectivity index (χ3v) is 7.46. The number of hydrogen-bond acceptors (Lipinski definition) is 8. The molecule has 0 N–H and O–H groups in total. The molecule has 0 bridgehead atoms. The van der Waals surface area contributed by atoms with E-state index in [-0.39, 0.29) is 32.2 Å². The summed E-state index contributed by atoms with van der Waals surface area (Å²) >= 11 is 0. The van der Waals surface area contributed by atoms with Crippen LogP contribution in [-0.4, -0.2) is 49.8 Å². The standard InChI is InChI=1S/C26H30O8/c1-16(27)32-14-25(3)10-7-11-26(15-33-17(2)28)20-13-31-24(30)19(20)12-21(22(25)26)34-23(29)18-8-5-4-6-9-18/h4-6,8-9,21-22H,7,10-15H2,1-3H3/t21-,22-,25+,26+/m1/s1. The zero-order valence-corrected chi connectivity index (χ0v) is 19.8. The number of carbonyl (C=O) groups is 4. The number of fused-ring (bicyclic) bond motifs is 2. The van der Waals surface area contributed by atoms with Crippen molar-refractivity contribution < 1.29 is 38.1 Å². The van der Waals surface area contributed by atoms with E-state index in [1.807, 2.05) is 13.0 Å². The molecule has 1 aliphatic heterocycles. The maximum absolute atomic E-state index is 13.1. The molecule has 0 spiro atoms. The Morgan fingerprint density at radius 2 is 1.71 bits per heavy atom. The third kappa shape index (κ3) is 4.33. The van der Waals surface area contributed by atoms with Crippen LogP contribution < -0.4 is 0 Å². The Bertz CT molecular complexity index is 1030. The maximum Gasteiger partial charge on any atom is 0.338 e. The molecule has 8 heteroatoms. The van der Waals surface area contributed by atoms with E-state index in [1.54, 1.807) is 24.3 Å². The SMILES string of the molecule is CC(=O)OC[C@]1(C)CCC[C@]2(COC(C)=O)C3=C(C[C@@H](OC(=O)c4ccccc4)[C@H]12)C(=O)OC3. The Balaban J connectivity index is 1.79. The van der Waals surface area contributed by atoms with Gasteiger partial charge in [-0.3, -0.25) is 9.59 Å². The van der Waals surface area contributed by atoms with E-state index in [0.717, 1.165) is 18.4 Å². The van der Waals surface area contributed by atoms with Crippen LogP contribution in [0, 0.1) is 16.7 Å². The first kappa shape index (κ1) is 24.0. The molecule has 2 aliphatic carbocycles. The molecule has 1 heterocycles. The Labute approximate surface area is 198 Å². The molecule has 1 saturated carbocycles. The number of benzene rings is 1. The Hall–Kier alpha value is -3.16. The molecule has 8 nitrogen and oxygen atoms in total. The smallest absolute Gasteiger partial charge is 0.338 e. The molecule has 0 aromatic heterocycles. The van der Waals surface area contributed by atoms with E-state index < -0.39 is 40.8 Å². The van der Waals surface area contributed by atoms with E-state index in [4.69, 9.17) is 18.9 Å². The van der Waals surface area contributed by atoms with Gasteiger partial charge in [0, 0.05) is 42.6 Å². The van der Waals surface area contributed by atoms with Crippen LogP contribution in [0.4, 0.5) is 0 Å². The summed E-state index contributed by atoms with van der Waals surface area (Å²) in [6.45, 7) is 5.00. The van der Waals surface area contributed by atoms with Crippen molar-refractivity contribution in [1.29, 1.82) is 0 Å². The van der Waals surface area contributed by atoms with Gasteiger partial charge in [0.05, 0.1) is 12.2 Å². The topological polar surface area (TPSA) is 105 Å². The molecule has 4 atom stereocenters. The maximum atomic E-state index is 13.1. The van der Waals surface area contributed by atoms with Gasteiger partial charge in [-0.25, -0.2) is 9.59 Å². The second-order valence-corrected chi connectivity index (χ2v) is 9.75. The molecule has 1 aromatic carbocycles. The number of cyclic esters (lactones) is 1. The van der Waals surface area contributed by atoms with Gasteiger partial charge in [0.15, 0.2) is 0 Å². The molecule has 4 rings (SSSR count). The molecule has 182 valence electrons. The van der Waals surface area contributed by atoms with Crippen molar-refractivity contribution in [1.82, 2.24) is 0 Å². The minimum atomic E-state index is -0.764. The summed E-state index contributed by atoms with van der Waals surface area (Å²) in [4.78, 5) is 49.3. The number of esters is 4. The molecule has 34 heavy (non-hydrogen) atoms. The number of rotatable bonds is 6. The minimum Gasteiger partial charge on any atom is -0.465 e. The Kier molecular flexibility index (Phi) is 6.51. The molecule has 0 saturated heterocycles. The molecule has 0 unspecified atom stereocenters. The summed E-state index contributed by atoms with van der Waals surface area (Å²) in [5, 5.41) is 0. The summed E-state index contributed by atoms with van der Waals surface area (Å²) in [5.74, 6) is -2.11. The average molecular weight is 471 g/mol. The van der Waals surface area contributed by atoms with Gasteiger partial charge in [-0.15, -0.1) is 0 Å². The van der Waals surface area contributed by atoms with Gasteiger partial charge < -0.3 is 18.9 Å². The predicted molar refractivity (Wildman–Crippen MR) is 119 cm³/mol. The summed E-state index contributed by atoms with van der Waals surface area (Å²) in [6.07, 6.45) is 1.64. The van der Waals surface area contributed by atoms with Crippen LogP contribution in [0.1, 0.15) is 56.8 Å². The van der Waals surface area contributed by atoms with Gasteiger partial charge in [0.1, 0.15) is 19.3 Å². The summed E-state index contributed by atoms with van der Waals surface area (Å²) in [5.41, 5.74) is 0.366. The van der Waals surface area contributed by atoms with Crippen LogP contribution in [0.5, 0.6) is 0 Å². The van der Waals surface area contributed by atoms with Gasteiger partial charge in [-0.05, 0) is 30.5 Å². The number of carbonyl (C=O) groups excluding carboxylic acids is 4. The van der Waals surface area contributed by atoms with Crippen LogP contribution >= 0.6 is 0 Å². The van der Waals surface area contributed by atoms with Gasteiger partial charge in [-0.2, -0.15) is 0 Å². The third-order valence-electron chi connectivity index (χ3n) is 7.46. The fraction of sp³-hybridized carbons (Fsp3) is 0.538. The minimum absolute atomic E-state index is 0.0392. The molecular formula is C26H30O8. The Morgan fingerprint density at radius 3 is 2.38 bits per heavy atom. The van der Waals surface area contributed by atoms with E-state index >= 15 is 0 Å². The van der Waals surface area contributed by atoms with Crippen molar-refractivity contribution in [3.8, 4) is 0 Å². The second kappa shape index (κ2) is 9.24. The molecule has 1 fully saturated rings. The summed E-state index contributed by atoms with van der Waals surface area (Å²) in [6, 6.07) is 8.66. The normalized spacial score (nSPS) is 30.0. The lowest BCUT2D eigenvalue weighted by molar-refractivity contribution is -0.167. The number of hydrogen-bond donors (Lipinski definition) is 0. The highest BCUT2D eigenvalue weighted by atomic mass is 16.6. The fourth-order valence-corrected chi connectivity index (χ4v) is 6.13. The highest BCUT2D eigenvalue weighted by Gasteiger charge is 2.62. The lowest BCUT2D eigenvalue weighted by Crippen LogP contribution is -2.58. The lowest BCUT2D eigenvalue weighted by atomic mass is 9.48. The van der Waals surface area contributed by atoms with Crippen LogP contribution in [0.3, 0.4) is 0 Å². The van der Waals surface area contributed by atoms with Crippen molar-refractivity contribution in [2.75, 3.05) is 19.8 Å². The zero-order valence-electron chi connectivity index (χ0n) is 19.8. The van der Waals surface area contributed by atoms with Crippen molar-refractivity contribution in [2.45, 2.75) is 52.6 Å². The van der Waals surface area contributed by atoms with E-state index in [0.29, 0.717) is 17.6 Å². The first-order chi connectivity index (χ1) is 16.2. The lowest BCUT2D eigenvalue weighted by Gasteiger charge is -2.57. The van der Waals surface area contributed by atoms with E-state index in [2.05, 4.69) is 0 Å². The van der Waals surface area contributed by atoms with Gasteiger partial charge in [0.2, 0.25) is 0 Å². The quantitative estimate of drug-likeness (QED) is 0.460. The monoisotopic (exact) mass is 470 g/mol. The predicted octanol–water partition coefficient (Wildman–Crippen LogP) is 3.39. The molecule has 1 aromatic rings. The second-order valence-electron chi connectivity index (χ2n) is 9.75. The van der Waals surface area contributed by atoms with Crippen molar-refractivity contribution >= 4 is 23.9 Å². The van der Waals surface area contributed by atoms with E-state index in [1.165, 1.54) is 13.8 Å². The largest absolute Gasteiger partial charge is 0.465 e. The molecule has 0 radical (unpaired) electrons. The van der Waals surface area contributed by atoms with Gasteiger partial charge >= 0.3 is 23.9 Å². The molecular weight excluding hydrogens is 440 g/mol. The zero-order chi connectivity index (χ0) is 24.5. The average Bonchev–Trinajstić information content (AvgIpc) is 3.18. The summed E-state index contributed by atoms with van der Waals surface area (Å²) < 4.78 is 22.5. The fourth-order valence-electron chi connectivity index (χ4n) is 6.13. The van der Waals surface area contributed by atoms with Crippen molar-refractivity contribution in [3.63, 3.8) is 0 Å². The van der Waals surface area contributed by atoms with Crippen LogP contribution in [0.2, 0.25) is 0 Å². The highest BCUT2D eigenvalue weighted by Crippen LogP contribution is 2.61.